The number of benzene rings is 1. The quantitative estimate of drug-likeness (QED) is 0.282. The van der Waals surface area contributed by atoms with Crippen LogP contribution in [0.15, 0.2) is 30.3 Å². The van der Waals surface area contributed by atoms with Crippen LogP contribution >= 0.6 is 0 Å². The number of rotatable bonds is 7. The van der Waals surface area contributed by atoms with Gasteiger partial charge in [0.15, 0.2) is 0 Å². The Balaban J connectivity index is 1.20. The van der Waals surface area contributed by atoms with Gasteiger partial charge in [0.25, 0.3) is 0 Å². The Morgan fingerprint density at radius 2 is 1.69 bits per heavy atom. The van der Waals surface area contributed by atoms with Crippen molar-refractivity contribution in [1.82, 2.24) is 0 Å². The van der Waals surface area contributed by atoms with Crippen molar-refractivity contribution < 1.29 is 14.3 Å². The van der Waals surface area contributed by atoms with Gasteiger partial charge < -0.3 is 4.74 Å². The predicted octanol–water partition coefficient (Wildman–Crippen LogP) is 6.55. The Labute approximate surface area is 225 Å². The number of hydrogen-bond donors (Lipinski definition) is 0. The molecule has 36 heavy (non-hydrogen) atoms. The molecule has 4 fully saturated rings. The molecule has 4 unspecified atom stereocenters. The molecular formula is C32H46O3Se. The van der Waals surface area contributed by atoms with Crippen LogP contribution in [-0.4, -0.2) is 31.7 Å². The van der Waals surface area contributed by atoms with Gasteiger partial charge in [-0.2, -0.15) is 0 Å². The Morgan fingerprint density at radius 3 is 2.44 bits per heavy atom. The van der Waals surface area contributed by atoms with Crippen molar-refractivity contribution in [2.24, 2.45) is 46.3 Å². The molecule has 0 aromatic heterocycles. The van der Waals surface area contributed by atoms with E-state index < -0.39 is 0 Å². The van der Waals surface area contributed by atoms with Gasteiger partial charge in [-0.15, -0.1) is 0 Å². The monoisotopic (exact) mass is 558 g/mol. The molecular weight excluding hydrogens is 511 g/mol. The fourth-order valence-electron chi connectivity index (χ4n) is 9.75. The summed E-state index contributed by atoms with van der Waals surface area (Å²) in [7, 11) is 0. The van der Waals surface area contributed by atoms with Crippen LogP contribution < -0.4 is 4.46 Å². The van der Waals surface area contributed by atoms with Crippen LogP contribution in [-0.2, 0) is 14.3 Å². The molecule has 0 N–H and O–H groups in total. The molecule has 0 saturated heterocycles. The predicted molar refractivity (Wildman–Crippen MR) is 146 cm³/mol. The zero-order valence-electron chi connectivity index (χ0n) is 22.8. The number of esters is 1. The Hall–Kier alpha value is -1.12. The fraction of sp³-hybridized carbons (Fsp3) is 0.750. The molecule has 0 heterocycles. The molecule has 0 spiro atoms. The Morgan fingerprint density at radius 1 is 0.972 bits per heavy atom. The minimum atomic E-state index is -0.111. The van der Waals surface area contributed by atoms with Gasteiger partial charge in [0, 0.05) is 6.92 Å². The van der Waals surface area contributed by atoms with Gasteiger partial charge in [0.05, 0.1) is 0 Å². The van der Waals surface area contributed by atoms with E-state index in [4.69, 9.17) is 4.74 Å². The first-order valence-electron chi connectivity index (χ1n) is 14.6. The van der Waals surface area contributed by atoms with Crippen LogP contribution in [0.25, 0.3) is 0 Å². The summed E-state index contributed by atoms with van der Waals surface area (Å²) in [5.41, 5.74) is 0.878. The second kappa shape index (κ2) is 10.6. The standard InChI is InChI=1S/C32H46O3Se/c1-21(10-15-30(34)36-25-8-6-5-7-9-25)27-13-14-28-26-12-11-23-20-24(35-22(2)33)16-18-31(23,3)29(26)17-19-32(27,28)4/h5-9,21,23-24,26-29H,10-20H2,1-4H3/t21?,23-,24-,26?,27-,28?,29?,31+,32-/m1/s1. The maximum atomic E-state index is 12.7. The molecule has 198 valence electrons. The van der Waals surface area contributed by atoms with Crippen LogP contribution in [0, 0.1) is 46.3 Å². The van der Waals surface area contributed by atoms with E-state index in [1.165, 1.54) is 49.4 Å². The number of hydrogen-bond acceptors (Lipinski definition) is 3. The fourth-order valence-corrected chi connectivity index (χ4v) is 11.4. The zero-order chi connectivity index (χ0) is 25.5. The van der Waals surface area contributed by atoms with Crippen LogP contribution in [0.2, 0.25) is 0 Å². The van der Waals surface area contributed by atoms with Gasteiger partial charge in [-0.05, 0) is 0 Å². The molecule has 0 radical (unpaired) electrons. The molecule has 0 bridgehead atoms. The van der Waals surface area contributed by atoms with E-state index >= 15 is 0 Å². The van der Waals surface area contributed by atoms with Gasteiger partial charge in [0.1, 0.15) is 6.10 Å². The van der Waals surface area contributed by atoms with Crippen molar-refractivity contribution in [2.75, 3.05) is 0 Å². The van der Waals surface area contributed by atoms with Crippen LogP contribution in [0.3, 0.4) is 0 Å². The Bertz CT molecular complexity index is 946. The van der Waals surface area contributed by atoms with Crippen molar-refractivity contribution in [3.05, 3.63) is 30.3 Å². The summed E-state index contributed by atoms with van der Waals surface area (Å²) in [5.74, 6) is 4.59. The summed E-state index contributed by atoms with van der Waals surface area (Å²) in [5, 5.41) is 0. The molecule has 0 amide bonds. The van der Waals surface area contributed by atoms with Crippen LogP contribution in [0.1, 0.15) is 98.3 Å². The first-order valence-corrected chi connectivity index (χ1v) is 16.3. The normalized spacial score (nSPS) is 40.4. The third kappa shape index (κ3) is 4.98. The topological polar surface area (TPSA) is 43.4 Å². The third-order valence-corrected chi connectivity index (χ3v) is 13.5. The maximum absolute atomic E-state index is 12.7. The van der Waals surface area contributed by atoms with E-state index in [9.17, 15) is 9.59 Å². The summed E-state index contributed by atoms with van der Waals surface area (Å²) in [6.07, 6.45) is 13.5. The molecule has 3 nitrogen and oxygen atoms in total. The number of ether oxygens (including phenoxy) is 1. The molecule has 1 aromatic carbocycles. The molecule has 0 aliphatic heterocycles. The zero-order valence-corrected chi connectivity index (χ0v) is 24.6. The molecule has 4 heteroatoms. The average Bonchev–Trinajstić information content (AvgIpc) is 3.20. The van der Waals surface area contributed by atoms with Crippen molar-refractivity contribution >= 4 is 30.1 Å². The minimum absolute atomic E-state index is 0.0380. The van der Waals surface area contributed by atoms with E-state index in [1.54, 1.807) is 6.92 Å². The van der Waals surface area contributed by atoms with E-state index in [0.29, 0.717) is 21.4 Å². The first-order chi connectivity index (χ1) is 17.2. The number of carbonyl (C=O) groups excluding carboxylic acids is 2. The van der Waals surface area contributed by atoms with Crippen molar-refractivity contribution in [1.29, 1.82) is 0 Å². The van der Waals surface area contributed by atoms with Crippen molar-refractivity contribution in [3.63, 3.8) is 0 Å². The van der Waals surface area contributed by atoms with E-state index in [2.05, 4.69) is 32.9 Å². The molecule has 5 rings (SSSR count). The van der Waals surface area contributed by atoms with Crippen molar-refractivity contribution in [3.8, 4) is 0 Å². The van der Waals surface area contributed by atoms with Gasteiger partial charge in [-0.25, -0.2) is 0 Å². The summed E-state index contributed by atoms with van der Waals surface area (Å²) >= 11 is -0.0380. The van der Waals surface area contributed by atoms with E-state index in [-0.39, 0.29) is 27.0 Å². The van der Waals surface area contributed by atoms with Crippen LogP contribution in [0.4, 0.5) is 0 Å². The Kier molecular flexibility index (Phi) is 7.77. The van der Waals surface area contributed by atoms with E-state index in [1.807, 2.05) is 18.2 Å². The van der Waals surface area contributed by atoms with Gasteiger partial charge in [-0.3, -0.25) is 4.79 Å². The molecule has 1 aromatic rings. The SMILES string of the molecule is CC(=O)O[C@@H]1CC[C@]2(C)C3CC[C@@]4(C)C(CC[C@@H]4C(C)CCC(=O)[Se]c4ccccc4)C3CC[C@@H]2C1. The summed E-state index contributed by atoms with van der Waals surface area (Å²) in [6, 6.07) is 10.3. The van der Waals surface area contributed by atoms with Crippen molar-refractivity contribution in [2.45, 2.75) is 104 Å². The molecule has 4 aliphatic carbocycles. The second-order valence-corrected chi connectivity index (χ2v) is 15.6. The van der Waals surface area contributed by atoms with Gasteiger partial charge in [0.2, 0.25) is 0 Å². The third-order valence-electron chi connectivity index (χ3n) is 11.5. The second-order valence-electron chi connectivity index (χ2n) is 13.2. The van der Waals surface area contributed by atoms with Crippen LogP contribution in [0.5, 0.6) is 0 Å². The average molecular weight is 558 g/mol. The molecule has 9 atom stereocenters. The summed E-state index contributed by atoms with van der Waals surface area (Å²) in [4.78, 5) is 24.3. The number of carbonyl (C=O) groups is 2. The molecule has 4 aliphatic rings. The summed E-state index contributed by atoms with van der Waals surface area (Å²) < 4.78 is 7.32. The van der Waals surface area contributed by atoms with E-state index in [0.717, 1.165) is 55.3 Å². The summed E-state index contributed by atoms with van der Waals surface area (Å²) in [6.45, 7) is 9.23. The number of fused-ring (bicyclic) bond motifs is 5. The first kappa shape index (κ1) is 26.5. The van der Waals surface area contributed by atoms with Gasteiger partial charge in [-0.1, -0.05) is 0 Å². The molecule has 4 saturated carbocycles. The van der Waals surface area contributed by atoms with Gasteiger partial charge >= 0.3 is 203 Å².